The second-order valence-electron chi connectivity index (χ2n) is 9.85. The normalized spacial score (nSPS) is 15.9. The number of hydrogen-bond acceptors (Lipinski definition) is 5. The number of nitrogens with zero attached hydrogens (tertiary/aromatic N) is 3. The minimum absolute atomic E-state index is 0.174. The summed E-state index contributed by atoms with van der Waals surface area (Å²) in [6, 6.07) is 13.7. The number of benzene rings is 2. The van der Waals surface area contributed by atoms with Crippen LogP contribution in [-0.2, 0) is 16.3 Å². The van der Waals surface area contributed by atoms with Gasteiger partial charge in [-0.3, -0.25) is 14.8 Å². The zero-order chi connectivity index (χ0) is 27.1. The highest BCUT2D eigenvalue weighted by atomic mass is 32.2. The third-order valence-electron chi connectivity index (χ3n) is 7.06. The zero-order valence-electron chi connectivity index (χ0n) is 20.8. The van der Waals surface area contributed by atoms with E-state index in [1.807, 2.05) is 24.3 Å². The number of H-pyrrole nitrogens is 2. The van der Waals surface area contributed by atoms with E-state index in [1.165, 1.54) is 21.7 Å². The molecule has 0 amide bonds. The van der Waals surface area contributed by atoms with Gasteiger partial charge < -0.3 is 4.98 Å². The van der Waals surface area contributed by atoms with E-state index in [9.17, 15) is 26.4 Å². The quantitative estimate of drug-likeness (QED) is 0.359. The van der Waals surface area contributed by atoms with Crippen LogP contribution in [-0.4, -0.2) is 65.1 Å². The van der Waals surface area contributed by atoms with E-state index < -0.39 is 22.6 Å². The Hall–Kier alpha value is -3.38. The largest absolute Gasteiger partial charge is 0.401 e. The molecule has 0 radical (unpaired) electrons. The van der Waals surface area contributed by atoms with Gasteiger partial charge in [-0.05, 0) is 74.5 Å². The molecular weight excluding hydrogens is 519 g/mol. The molecule has 0 bridgehead atoms. The van der Waals surface area contributed by atoms with Gasteiger partial charge in [0.1, 0.15) is 0 Å². The number of fused-ring (bicyclic) bond motifs is 1. The second-order valence-corrected chi connectivity index (χ2v) is 11.9. The predicted octanol–water partition coefficient (Wildman–Crippen LogP) is 4.32. The zero-order valence-corrected chi connectivity index (χ0v) is 21.6. The van der Waals surface area contributed by atoms with Crippen molar-refractivity contribution in [1.29, 1.82) is 0 Å². The number of rotatable bonds is 7. The van der Waals surface area contributed by atoms with Gasteiger partial charge in [-0.25, -0.2) is 13.4 Å². The SMILES string of the molecule is CS(=O)(=O)c1ccc(-c2[nH]n(-c3nc4ccccc4[nH]3)c(=O)c2CCC2CCN(CC(F)(F)F)CC2)cc1. The first kappa shape index (κ1) is 26.2. The molecule has 1 aliphatic rings. The topological polar surface area (TPSA) is 104 Å². The minimum atomic E-state index is -4.21. The standard InChI is InChI=1S/C26H28F3N5O3S/c1-38(36,37)19-9-7-18(8-10-19)23-20(11-6-17-12-14-33(15-13-17)16-26(27,28)29)24(35)34(32-23)25-30-21-4-2-3-5-22(21)31-25/h2-5,7-10,17,32H,6,11-16H2,1H3,(H,30,31). The van der Waals surface area contributed by atoms with Gasteiger partial charge in [-0.1, -0.05) is 24.3 Å². The van der Waals surface area contributed by atoms with Crippen molar-refractivity contribution in [2.45, 2.75) is 36.8 Å². The van der Waals surface area contributed by atoms with Crippen LogP contribution in [0.1, 0.15) is 24.8 Å². The summed E-state index contributed by atoms with van der Waals surface area (Å²) in [4.78, 5) is 22.9. The van der Waals surface area contributed by atoms with Crippen molar-refractivity contribution in [2.24, 2.45) is 5.92 Å². The van der Waals surface area contributed by atoms with Crippen molar-refractivity contribution in [2.75, 3.05) is 25.9 Å². The van der Waals surface area contributed by atoms with Crippen molar-refractivity contribution in [1.82, 2.24) is 24.6 Å². The molecular formula is C26H28F3N5O3S. The monoisotopic (exact) mass is 547 g/mol. The number of aromatic amines is 2. The van der Waals surface area contributed by atoms with E-state index in [4.69, 9.17) is 0 Å². The molecule has 0 atom stereocenters. The molecule has 8 nitrogen and oxygen atoms in total. The Morgan fingerprint density at radius 2 is 1.74 bits per heavy atom. The maximum Gasteiger partial charge on any atom is 0.401 e. The summed E-state index contributed by atoms with van der Waals surface area (Å²) in [5.41, 5.74) is 2.94. The molecule has 0 aliphatic carbocycles. The molecule has 2 aromatic carbocycles. The lowest BCUT2D eigenvalue weighted by Crippen LogP contribution is -2.40. The molecule has 1 saturated heterocycles. The number of nitrogens with one attached hydrogen (secondary N) is 2. The van der Waals surface area contributed by atoms with E-state index in [1.54, 1.807) is 12.1 Å². The number of likely N-dealkylation sites (tertiary alicyclic amines) is 1. The number of piperidine rings is 1. The average molecular weight is 548 g/mol. The third-order valence-corrected chi connectivity index (χ3v) is 8.19. The maximum absolute atomic E-state index is 13.6. The van der Waals surface area contributed by atoms with Gasteiger partial charge in [0.15, 0.2) is 9.84 Å². The Bertz CT molecular complexity index is 1560. The smallest absolute Gasteiger partial charge is 0.322 e. The van der Waals surface area contributed by atoms with Crippen LogP contribution in [0.2, 0.25) is 0 Å². The van der Waals surface area contributed by atoms with Crippen LogP contribution in [0.5, 0.6) is 0 Å². The molecule has 2 N–H and O–H groups in total. The maximum atomic E-state index is 13.6. The first-order chi connectivity index (χ1) is 18.0. The summed E-state index contributed by atoms with van der Waals surface area (Å²) in [6.45, 7) is -0.145. The van der Waals surface area contributed by atoms with Crippen molar-refractivity contribution >= 4 is 20.9 Å². The molecule has 1 fully saturated rings. The van der Waals surface area contributed by atoms with Crippen LogP contribution in [0, 0.1) is 5.92 Å². The molecule has 38 heavy (non-hydrogen) atoms. The van der Waals surface area contributed by atoms with Gasteiger partial charge in [0.2, 0.25) is 5.95 Å². The average Bonchev–Trinajstić information content (AvgIpc) is 3.43. The molecule has 0 spiro atoms. The van der Waals surface area contributed by atoms with Crippen LogP contribution in [0.3, 0.4) is 0 Å². The number of halogens is 3. The summed E-state index contributed by atoms with van der Waals surface area (Å²) in [6.07, 6.45) is -0.723. The van der Waals surface area contributed by atoms with Crippen molar-refractivity contribution in [3.05, 3.63) is 64.4 Å². The van der Waals surface area contributed by atoms with Crippen LogP contribution < -0.4 is 5.56 Å². The van der Waals surface area contributed by atoms with Crippen LogP contribution in [0.4, 0.5) is 13.2 Å². The Kier molecular flexibility index (Phi) is 6.95. The number of sulfone groups is 1. The summed E-state index contributed by atoms with van der Waals surface area (Å²) < 4.78 is 63.4. The second kappa shape index (κ2) is 10.1. The molecule has 1 aliphatic heterocycles. The molecule has 0 saturated carbocycles. The van der Waals surface area contributed by atoms with Gasteiger partial charge in [0, 0.05) is 11.8 Å². The fraction of sp³-hybridized carbons (Fsp3) is 0.385. The number of aromatic nitrogens is 4. The summed E-state index contributed by atoms with van der Waals surface area (Å²) in [5, 5.41) is 3.15. The highest BCUT2D eigenvalue weighted by molar-refractivity contribution is 7.90. The van der Waals surface area contributed by atoms with Crippen LogP contribution in [0.15, 0.2) is 58.2 Å². The van der Waals surface area contributed by atoms with Crippen molar-refractivity contribution in [3.63, 3.8) is 0 Å². The van der Waals surface area contributed by atoms with Gasteiger partial charge in [0.05, 0.1) is 28.2 Å². The van der Waals surface area contributed by atoms with Crippen molar-refractivity contribution < 1.29 is 21.6 Å². The number of para-hydroxylation sites is 2. The van der Waals surface area contributed by atoms with Crippen LogP contribution in [0.25, 0.3) is 28.2 Å². The van der Waals surface area contributed by atoms with Gasteiger partial charge in [-0.2, -0.15) is 17.9 Å². The fourth-order valence-corrected chi connectivity index (χ4v) is 5.67. The molecule has 12 heteroatoms. The summed E-state index contributed by atoms with van der Waals surface area (Å²) >= 11 is 0. The van der Waals surface area contributed by atoms with E-state index >= 15 is 0 Å². The Labute approximate surface area is 217 Å². The Morgan fingerprint density at radius 1 is 1.05 bits per heavy atom. The third kappa shape index (κ3) is 5.70. The number of hydrogen-bond donors (Lipinski definition) is 2. The van der Waals surface area contributed by atoms with Gasteiger partial charge >= 0.3 is 6.18 Å². The minimum Gasteiger partial charge on any atom is -0.322 e. The Morgan fingerprint density at radius 3 is 2.37 bits per heavy atom. The van der Waals surface area contributed by atoms with Gasteiger partial charge in [0.25, 0.3) is 5.56 Å². The van der Waals surface area contributed by atoms with E-state index in [0.29, 0.717) is 67.1 Å². The fourth-order valence-electron chi connectivity index (χ4n) is 5.04. The lowest BCUT2D eigenvalue weighted by molar-refractivity contribution is -0.148. The van der Waals surface area contributed by atoms with E-state index in [2.05, 4.69) is 15.1 Å². The lowest BCUT2D eigenvalue weighted by atomic mass is 9.90. The first-order valence-corrected chi connectivity index (χ1v) is 14.3. The van der Waals surface area contributed by atoms with Gasteiger partial charge in [-0.15, -0.1) is 0 Å². The molecule has 0 unspecified atom stereocenters. The number of alkyl halides is 3. The summed E-state index contributed by atoms with van der Waals surface area (Å²) in [5.74, 6) is 0.533. The summed E-state index contributed by atoms with van der Waals surface area (Å²) in [7, 11) is -3.38. The first-order valence-electron chi connectivity index (χ1n) is 12.4. The van der Waals surface area contributed by atoms with E-state index in [-0.39, 0.29) is 16.4 Å². The molecule has 4 aromatic rings. The van der Waals surface area contributed by atoms with E-state index in [0.717, 1.165) is 11.8 Å². The lowest BCUT2D eigenvalue weighted by Gasteiger charge is -2.32. The molecule has 5 rings (SSSR count). The van der Waals surface area contributed by atoms with Crippen molar-refractivity contribution in [3.8, 4) is 17.2 Å². The number of imidazole rings is 1. The highest BCUT2D eigenvalue weighted by Gasteiger charge is 2.32. The molecule has 2 aromatic heterocycles. The predicted molar refractivity (Wildman–Crippen MR) is 138 cm³/mol. The van der Waals surface area contributed by atoms with Crippen LogP contribution >= 0.6 is 0 Å². The highest BCUT2D eigenvalue weighted by Crippen LogP contribution is 2.28. The molecule has 3 heterocycles. The molecule has 202 valence electrons. The Balaban J connectivity index is 1.43.